The van der Waals surface area contributed by atoms with Gasteiger partial charge in [-0.25, -0.2) is 9.97 Å². The highest BCUT2D eigenvalue weighted by atomic mass is 14.9. The second-order valence-corrected chi connectivity index (χ2v) is 5.90. The van der Waals surface area contributed by atoms with Crippen molar-refractivity contribution in [3.05, 3.63) is 24.3 Å². The van der Waals surface area contributed by atoms with Crippen LogP contribution in [0.25, 0.3) is 0 Å². The van der Waals surface area contributed by atoms with Gasteiger partial charge in [0, 0.05) is 17.8 Å². The fourth-order valence-electron chi connectivity index (χ4n) is 2.67. The van der Waals surface area contributed by atoms with E-state index in [1.807, 2.05) is 18.5 Å². The maximum Gasteiger partial charge on any atom is 0.134 e. The molecule has 1 aromatic rings. The Morgan fingerprint density at radius 1 is 0.842 bits per heavy atom. The van der Waals surface area contributed by atoms with E-state index in [4.69, 9.17) is 0 Å². The number of rotatable bonds is 10. The van der Waals surface area contributed by atoms with Crippen molar-refractivity contribution in [1.29, 1.82) is 0 Å². The average Bonchev–Trinajstić information content (AvgIpc) is 2.45. The standard InChI is InChI=1S/C17H30N2/c1-4-6-8-10-13-17(3,12-9-7-5-2)16-18-14-11-15-19-16/h11,14-15H,4-10,12-13H2,1-3H3. The highest BCUT2D eigenvalue weighted by Gasteiger charge is 2.28. The highest BCUT2D eigenvalue weighted by molar-refractivity contribution is 5.05. The molecule has 1 unspecified atom stereocenters. The minimum Gasteiger partial charge on any atom is -0.241 e. The molecule has 0 aliphatic rings. The number of aromatic nitrogens is 2. The SMILES string of the molecule is CCCCCCC(C)(CCCCC)c1ncccn1. The molecule has 0 radical (unpaired) electrons. The lowest BCUT2D eigenvalue weighted by Crippen LogP contribution is -2.25. The van der Waals surface area contributed by atoms with Gasteiger partial charge in [-0.1, -0.05) is 65.7 Å². The summed E-state index contributed by atoms with van der Waals surface area (Å²) in [6, 6.07) is 1.91. The third kappa shape index (κ3) is 5.71. The molecule has 1 atom stereocenters. The van der Waals surface area contributed by atoms with Gasteiger partial charge in [0.2, 0.25) is 0 Å². The minimum atomic E-state index is 0.171. The van der Waals surface area contributed by atoms with Crippen molar-refractivity contribution in [2.24, 2.45) is 0 Å². The molecule has 19 heavy (non-hydrogen) atoms. The van der Waals surface area contributed by atoms with Crippen LogP contribution in [0.4, 0.5) is 0 Å². The van der Waals surface area contributed by atoms with E-state index in [2.05, 4.69) is 30.7 Å². The summed E-state index contributed by atoms with van der Waals surface area (Å²) in [5, 5.41) is 0. The van der Waals surface area contributed by atoms with Crippen LogP contribution >= 0.6 is 0 Å². The Kier molecular flexibility index (Phi) is 7.69. The maximum absolute atomic E-state index is 4.52. The summed E-state index contributed by atoms with van der Waals surface area (Å²) in [6.07, 6.45) is 15.4. The second-order valence-electron chi connectivity index (χ2n) is 5.90. The quantitative estimate of drug-likeness (QED) is 0.536. The first-order chi connectivity index (χ1) is 9.23. The Morgan fingerprint density at radius 3 is 1.95 bits per heavy atom. The summed E-state index contributed by atoms with van der Waals surface area (Å²) in [5.74, 6) is 1.04. The normalized spacial score (nSPS) is 14.3. The summed E-state index contributed by atoms with van der Waals surface area (Å²) in [6.45, 7) is 6.88. The average molecular weight is 262 g/mol. The summed E-state index contributed by atoms with van der Waals surface area (Å²) in [7, 11) is 0. The van der Waals surface area contributed by atoms with Crippen molar-refractivity contribution in [1.82, 2.24) is 9.97 Å². The fourth-order valence-corrected chi connectivity index (χ4v) is 2.67. The van der Waals surface area contributed by atoms with Gasteiger partial charge in [-0.15, -0.1) is 0 Å². The van der Waals surface area contributed by atoms with Crippen molar-refractivity contribution in [3.8, 4) is 0 Å². The van der Waals surface area contributed by atoms with Gasteiger partial charge in [0.1, 0.15) is 5.82 Å². The van der Waals surface area contributed by atoms with E-state index in [0.717, 1.165) is 5.82 Å². The molecule has 0 spiro atoms. The van der Waals surface area contributed by atoms with Crippen LogP contribution in [-0.4, -0.2) is 9.97 Å². The first-order valence-electron chi connectivity index (χ1n) is 8.00. The smallest absolute Gasteiger partial charge is 0.134 e. The molecule has 0 bridgehead atoms. The van der Waals surface area contributed by atoms with Gasteiger partial charge < -0.3 is 0 Å². The van der Waals surface area contributed by atoms with Gasteiger partial charge in [0.25, 0.3) is 0 Å². The molecule has 108 valence electrons. The van der Waals surface area contributed by atoms with E-state index in [9.17, 15) is 0 Å². The van der Waals surface area contributed by atoms with E-state index >= 15 is 0 Å². The molecule has 2 heteroatoms. The van der Waals surface area contributed by atoms with Gasteiger partial charge in [0.05, 0.1) is 0 Å². The topological polar surface area (TPSA) is 25.8 Å². The maximum atomic E-state index is 4.52. The number of nitrogens with zero attached hydrogens (tertiary/aromatic N) is 2. The Balaban J connectivity index is 2.61. The summed E-state index contributed by atoms with van der Waals surface area (Å²) >= 11 is 0. The van der Waals surface area contributed by atoms with Crippen molar-refractivity contribution in [2.45, 2.75) is 84.0 Å². The Bertz CT molecular complexity index is 323. The van der Waals surface area contributed by atoms with Gasteiger partial charge in [0.15, 0.2) is 0 Å². The predicted octanol–water partition coefficient (Wildman–Crippen LogP) is 5.29. The minimum absolute atomic E-state index is 0.171. The van der Waals surface area contributed by atoms with Crippen molar-refractivity contribution < 1.29 is 0 Å². The first-order valence-corrected chi connectivity index (χ1v) is 8.00. The molecular weight excluding hydrogens is 232 g/mol. The lowest BCUT2D eigenvalue weighted by Gasteiger charge is -2.28. The number of unbranched alkanes of at least 4 members (excludes halogenated alkanes) is 5. The summed E-state index contributed by atoms with van der Waals surface area (Å²) in [4.78, 5) is 9.03. The lowest BCUT2D eigenvalue weighted by atomic mass is 9.79. The van der Waals surface area contributed by atoms with Crippen LogP contribution in [0.3, 0.4) is 0 Å². The van der Waals surface area contributed by atoms with E-state index in [0.29, 0.717) is 0 Å². The van der Waals surface area contributed by atoms with E-state index < -0.39 is 0 Å². The molecule has 1 heterocycles. The molecule has 0 N–H and O–H groups in total. The van der Waals surface area contributed by atoms with Crippen molar-refractivity contribution in [2.75, 3.05) is 0 Å². The van der Waals surface area contributed by atoms with E-state index in [-0.39, 0.29) is 5.41 Å². The molecule has 0 saturated carbocycles. The molecule has 0 amide bonds. The zero-order valence-electron chi connectivity index (χ0n) is 13.0. The Morgan fingerprint density at radius 2 is 1.37 bits per heavy atom. The van der Waals surface area contributed by atoms with Crippen molar-refractivity contribution in [3.63, 3.8) is 0 Å². The van der Waals surface area contributed by atoms with E-state index in [1.165, 1.54) is 57.8 Å². The zero-order chi connectivity index (χ0) is 14.0. The second kappa shape index (κ2) is 9.06. The molecule has 0 aliphatic carbocycles. The van der Waals surface area contributed by atoms with Crippen LogP contribution in [0.5, 0.6) is 0 Å². The Hall–Kier alpha value is -0.920. The van der Waals surface area contributed by atoms with Crippen LogP contribution in [-0.2, 0) is 5.41 Å². The van der Waals surface area contributed by atoms with Gasteiger partial charge in [-0.05, 0) is 18.9 Å². The molecule has 0 saturated heterocycles. The molecule has 0 aliphatic heterocycles. The van der Waals surface area contributed by atoms with Crippen LogP contribution in [0, 0.1) is 0 Å². The summed E-state index contributed by atoms with van der Waals surface area (Å²) < 4.78 is 0. The summed E-state index contributed by atoms with van der Waals surface area (Å²) in [5.41, 5.74) is 0.171. The lowest BCUT2D eigenvalue weighted by molar-refractivity contribution is 0.347. The molecule has 1 aromatic heterocycles. The molecule has 2 nitrogen and oxygen atoms in total. The zero-order valence-corrected chi connectivity index (χ0v) is 13.0. The largest absolute Gasteiger partial charge is 0.241 e. The van der Waals surface area contributed by atoms with Crippen LogP contribution in [0.1, 0.15) is 84.4 Å². The molecule has 0 aromatic carbocycles. The van der Waals surface area contributed by atoms with Gasteiger partial charge in [-0.3, -0.25) is 0 Å². The number of hydrogen-bond acceptors (Lipinski definition) is 2. The van der Waals surface area contributed by atoms with Gasteiger partial charge in [-0.2, -0.15) is 0 Å². The molecular formula is C17H30N2. The van der Waals surface area contributed by atoms with Gasteiger partial charge >= 0.3 is 0 Å². The monoisotopic (exact) mass is 262 g/mol. The number of hydrogen-bond donors (Lipinski definition) is 0. The van der Waals surface area contributed by atoms with Crippen LogP contribution in [0.2, 0.25) is 0 Å². The van der Waals surface area contributed by atoms with Crippen LogP contribution in [0.15, 0.2) is 18.5 Å². The van der Waals surface area contributed by atoms with Crippen LogP contribution < -0.4 is 0 Å². The third-order valence-electron chi connectivity index (χ3n) is 4.02. The fraction of sp³-hybridized carbons (Fsp3) is 0.765. The predicted molar refractivity (Wildman–Crippen MR) is 82.3 cm³/mol. The first kappa shape index (κ1) is 16.1. The Labute approximate surface area is 119 Å². The highest BCUT2D eigenvalue weighted by Crippen LogP contribution is 2.32. The molecule has 0 fully saturated rings. The third-order valence-corrected chi connectivity index (χ3v) is 4.02. The van der Waals surface area contributed by atoms with Crippen molar-refractivity contribution >= 4 is 0 Å². The molecule has 1 rings (SSSR count). The van der Waals surface area contributed by atoms with E-state index in [1.54, 1.807) is 0 Å².